The van der Waals surface area contributed by atoms with Gasteiger partial charge in [0.25, 0.3) is 6.47 Å². The average Bonchev–Trinajstić information content (AvgIpc) is 2.85. The molecule has 3 aliphatic rings. The minimum absolute atomic E-state index is 0.542. The number of anilines is 3. The van der Waals surface area contributed by atoms with Crippen LogP contribution in [-0.2, 0) is 24.4 Å². The zero-order valence-corrected chi connectivity index (χ0v) is 19.5. The third kappa shape index (κ3) is 3.44. The van der Waals surface area contributed by atoms with E-state index < -0.39 is 0 Å². The van der Waals surface area contributed by atoms with E-state index in [9.17, 15) is 4.79 Å². The summed E-state index contributed by atoms with van der Waals surface area (Å²) in [6.45, 7) is 7.64. The van der Waals surface area contributed by atoms with Crippen LogP contribution in [0.4, 0.5) is 17.1 Å². The second-order valence-corrected chi connectivity index (χ2v) is 9.17. The van der Waals surface area contributed by atoms with Gasteiger partial charge in [-0.05, 0) is 49.9 Å². The maximum absolute atomic E-state index is 11.3. The second-order valence-electron chi connectivity index (χ2n) is 9.17. The molecule has 7 heteroatoms. The first-order valence-corrected chi connectivity index (χ1v) is 11.7. The van der Waals surface area contributed by atoms with E-state index >= 15 is 0 Å². The topological polar surface area (TPSA) is 48.5 Å². The van der Waals surface area contributed by atoms with Crippen LogP contribution in [0, 0.1) is 0 Å². The van der Waals surface area contributed by atoms with E-state index in [4.69, 9.17) is 9.47 Å². The molecule has 174 valence electrons. The van der Waals surface area contributed by atoms with Crippen molar-refractivity contribution in [2.45, 2.75) is 26.6 Å². The molecule has 2 bridgehead atoms. The van der Waals surface area contributed by atoms with E-state index in [0.717, 1.165) is 62.3 Å². The summed E-state index contributed by atoms with van der Waals surface area (Å²) < 4.78 is 11.6. The summed E-state index contributed by atoms with van der Waals surface area (Å²) in [5.41, 5.74) is 7.25. The lowest BCUT2D eigenvalue weighted by Gasteiger charge is -2.48. The summed E-state index contributed by atoms with van der Waals surface area (Å²) in [6, 6.07) is 18.3. The minimum atomic E-state index is 0.542. The molecule has 3 aliphatic heterocycles. The van der Waals surface area contributed by atoms with Crippen LogP contribution in [0.15, 0.2) is 54.6 Å². The van der Waals surface area contributed by atoms with Gasteiger partial charge in [-0.3, -0.25) is 9.69 Å². The molecule has 0 saturated heterocycles. The van der Waals surface area contributed by atoms with Gasteiger partial charge in [-0.25, -0.2) is 0 Å². The van der Waals surface area contributed by atoms with Crippen molar-refractivity contribution in [3.8, 4) is 17.2 Å². The SMILES string of the molecule is CCN1CN(C)Cc2c(OC=O)cc3c(c21)CN1CN3Cc2cc(Oc3ccccc3)ccc21. The molecule has 0 radical (unpaired) electrons. The summed E-state index contributed by atoms with van der Waals surface area (Å²) in [5, 5.41) is 0. The van der Waals surface area contributed by atoms with Crippen LogP contribution >= 0.6 is 0 Å². The number of benzene rings is 3. The van der Waals surface area contributed by atoms with Gasteiger partial charge >= 0.3 is 0 Å². The van der Waals surface area contributed by atoms with E-state index in [2.05, 4.69) is 57.8 Å². The van der Waals surface area contributed by atoms with Crippen molar-refractivity contribution in [3.63, 3.8) is 0 Å². The van der Waals surface area contributed by atoms with Gasteiger partial charge in [-0.2, -0.15) is 0 Å². The van der Waals surface area contributed by atoms with E-state index in [-0.39, 0.29) is 0 Å². The normalized spacial score (nSPS) is 16.5. The number of rotatable bonds is 5. The highest BCUT2D eigenvalue weighted by molar-refractivity contribution is 5.80. The number of hydrogen-bond acceptors (Lipinski definition) is 7. The molecule has 0 aromatic heterocycles. The molecule has 3 heterocycles. The molecule has 0 unspecified atom stereocenters. The molecule has 34 heavy (non-hydrogen) atoms. The van der Waals surface area contributed by atoms with Gasteiger partial charge in [0.1, 0.15) is 17.2 Å². The van der Waals surface area contributed by atoms with Crippen molar-refractivity contribution in [3.05, 3.63) is 71.3 Å². The zero-order valence-electron chi connectivity index (χ0n) is 19.5. The molecule has 0 amide bonds. The number of carbonyl (C=O) groups excluding carboxylic acids is 1. The Morgan fingerprint density at radius 1 is 0.882 bits per heavy atom. The Labute approximate surface area is 199 Å². The highest BCUT2D eigenvalue weighted by Gasteiger charge is 2.36. The Morgan fingerprint density at radius 2 is 1.71 bits per heavy atom. The highest BCUT2D eigenvalue weighted by Crippen LogP contribution is 2.48. The molecule has 0 aliphatic carbocycles. The predicted octanol–water partition coefficient (Wildman–Crippen LogP) is 4.54. The fourth-order valence-electron chi connectivity index (χ4n) is 5.50. The molecule has 7 nitrogen and oxygen atoms in total. The summed E-state index contributed by atoms with van der Waals surface area (Å²) >= 11 is 0. The number of hydrogen-bond donors (Lipinski definition) is 0. The van der Waals surface area contributed by atoms with Gasteiger partial charge in [0, 0.05) is 54.7 Å². The first-order valence-electron chi connectivity index (χ1n) is 11.7. The fourth-order valence-corrected chi connectivity index (χ4v) is 5.50. The largest absolute Gasteiger partial charge is 0.457 e. The van der Waals surface area contributed by atoms with Crippen LogP contribution in [0.2, 0.25) is 0 Å². The number of fused-ring (bicyclic) bond motifs is 8. The van der Waals surface area contributed by atoms with E-state index in [1.807, 2.05) is 30.3 Å². The predicted molar refractivity (Wildman–Crippen MR) is 133 cm³/mol. The lowest BCUT2D eigenvalue weighted by atomic mass is 9.95. The van der Waals surface area contributed by atoms with Crippen LogP contribution in [0.1, 0.15) is 23.6 Å². The van der Waals surface area contributed by atoms with Gasteiger partial charge in [-0.15, -0.1) is 0 Å². The maximum Gasteiger partial charge on any atom is 0.298 e. The summed E-state index contributed by atoms with van der Waals surface area (Å²) in [7, 11) is 2.10. The van der Waals surface area contributed by atoms with Crippen molar-refractivity contribution in [1.82, 2.24) is 4.90 Å². The molecule has 0 N–H and O–H groups in total. The quantitative estimate of drug-likeness (QED) is 0.523. The molecule has 0 saturated carbocycles. The summed E-state index contributed by atoms with van der Waals surface area (Å²) in [6.07, 6.45) is 0. The monoisotopic (exact) mass is 456 g/mol. The van der Waals surface area contributed by atoms with Crippen molar-refractivity contribution in [2.75, 3.05) is 41.6 Å². The molecule has 0 atom stereocenters. The molecule has 3 aromatic carbocycles. The Hall–Kier alpha value is -3.71. The smallest absolute Gasteiger partial charge is 0.298 e. The van der Waals surface area contributed by atoms with Crippen molar-refractivity contribution in [2.24, 2.45) is 0 Å². The Morgan fingerprint density at radius 3 is 2.50 bits per heavy atom. The summed E-state index contributed by atoms with van der Waals surface area (Å²) in [5.74, 6) is 2.33. The van der Waals surface area contributed by atoms with Gasteiger partial charge in [0.05, 0.1) is 19.0 Å². The molecular formula is C27H28N4O3. The van der Waals surface area contributed by atoms with Gasteiger partial charge in [0.2, 0.25) is 0 Å². The lowest BCUT2D eigenvalue weighted by Crippen LogP contribution is -2.48. The molecule has 0 fully saturated rings. The molecular weight excluding hydrogens is 428 g/mol. The molecule has 6 rings (SSSR count). The Kier molecular flexibility index (Phi) is 5.07. The van der Waals surface area contributed by atoms with Crippen LogP contribution in [-0.4, -0.2) is 38.3 Å². The van der Waals surface area contributed by atoms with Crippen molar-refractivity contribution >= 4 is 23.5 Å². The van der Waals surface area contributed by atoms with Gasteiger partial charge in [0.15, 0.2) is 0 Å². The van der Waals surface area contributed by atoms with E-state index in [0.29, 0.717) is 12.2 Å². The average molecular weight is 457 g/mol. The van der Waals surface area contributed by atoms with Crippen LogP contribution in [0.3, 0.4) is 0 Å². The maximum atomic E-state index is 11.3. The second kappa shape index (κ2) is 8.25. The third-order valence-electron chi connectivity index (χ3n) is 6.92. The van der Waals surface area contributed by atoms with Gasteiger partial charge < -0.3 is 24.2 Å². The Bertz CT molecular complexity index is 1250. The van der Waals surface area contributed by atoms with E-state index in [1.165, 1.54) is 22.5 Å². The van der Waals surface area contributed by atoms with Gasteiger partial charge in [-0.1, -0.05) is 18.2 Å². The lowest BCUT2D eigenvalue weighted by molar-refractivity contribution is -0.120. The molecule has 3 aromatic rings. The van der Waals surface area contributed by atoms with Crippen LogP contribution in [0.25, 0.3) is 0 Å². The zero-order chi connectivity index (χ0) is 23.2. The van der Waals surface area contributed by atoms with E-state index in [1.54, 1.807) is 0 Å². The van der Waals surface area contributed by atoms with Crippen LogP contribution in [0.5, 0.6) is 17.2 Å². The first-order chi connectivity index (χ1) is 16.6. The van der Waals surface area contributed by atoms with Crippen molar-refractivity contribution < 1.29 is 14.3 Å². The fraction of sp³-hybridized carbons (Fsp3) is 0.296. The number of para-hydroxylation sites is 1. The number of carbonyl (C=O) groups is 1. The number of ether oxygens (including phenoxy) is 2. The van der Waals surface area contributed by atoms with Crippen molar-refractivity contribution in [1.29, 1.82) is 0 Å². The standard InChI is InChI=1S/C27H28N4O3/c1-3-29-16-28(2)14-23-26(33-18-32)12-25-22(27(23)29)15-31-17-30(25)13-19-11-21(9-10-24(19)31)34-20-7-5-4-6-8-20/h4-12,18H,3,13-17H2,1-2H3. The minimum Gasteiger partial charge on any atom is -0.457 e. The third-order valence-corrected chi connectivity index (χ3v) is 6.92. The molecule has 0 spiro atoms. The van der Waals surface area contributed by atoms with Crippen LogP contribution < -0.4 is 24.2 Å². The Balaban J connectivity index is 1.40. The highest BCUT2D eigenvalue weighted by atomic mass is 16.5. The number of nitrogens with zero attached hydrogens (tertiary/aromatic N) is 4. The summed E-state index contributed by atoms with van der Waals surface area (Å²) in [4.78, 5) is 20.8. The first kappa shape index (κ1) is 20.9.